The normalized spacial score (nSPS) is 24.4. The van der Waals surface area contributed by atoms with Crippen molar-refractivity contribution in [2.75, 3.05) is 33.9 Å². The van der Waals surface area contributed by atoms with E-state index in [9.17, 15) is 19.2 Å². The van der Waals surface area contributed by atoms with E-state index in [-0.39, 0.29) is 54.0 Å². The van der Waals surface area contributed by atoms with Gasteiger partial charge in [0.2, 0.25) is 11.8 Å². The summed E-state index contributed by atoms with van der Waals surface area (Å²) in [5, 5.41) is 17.1. The molecule has 0 saturated carbocycles. The predicted molar refractivity (Wildman–Crippen MR) is 220 cm³/mol. The van der Waals surface area contributed by atoms with Crippen molar-refractivity contribution in [3.05, 3.63) is 59.7 Å². The van der Waals surface area contributed by atoms with Gasteiger partial charge in [-0.3, -0.25) is 24.9 Å². The maximum Gasteiger partial charge on any atom is 0.407 e. The van der Waals surface area contributed by atoms with E-state index in [4.69, 9.17) is 19.5 Å². The van der Waals surface area contributed by atoms with E-state index in [1.807, 2.05) is 37.5 Å². The molecule has 4 amide bonds. The Labute approximate surface area is 334 Å². The molecule has 0 aromatic heterocycles. The lowest BCUT2D eigenvalue weighted by Gasteiger charge is -2.32. The van der Waals surface area contributed by atoms with Gasteiger partial charge in [-0.05, 0) is 101 Å². The SMILES string of the molecule is COC(=O)NC(C(=O)N1CCCC1C1=NC(c2ccc3cc4cc(C5=NC(C6CCCN6C(=O)C(NC(=O)OC)C(C)C)NC5)ccc4cc3c2)C(C)N1)C(C)C. The number of aliphatic imine (C=N–C) groups is 2. The van der Waals surface area contributed by atoms with Gasteiger partial charge in [0.15, 0.2) is 0 Å². The molecule has 0 aliphatic carbocycles. The number of nitrogens with one attached hydrogen (secondary N) is 4. The minimum Gasteiger partial charge on any atom is -0.453 e. The first-order chi connectivity index (χ1) is 27.4. The zero-order valence-electron chi connectivity index (χ0n) is 34.0. The number of ether oxygens (including phenoxy) is 2. The summed E-state index contributed by atoms with van der Waals surface area (Å²) in [6.45, 7) is 11.6. The number of fused-ring (bicyclic) bond motifs is 2. The fraction of sp³-hybridized carbons (Fsp3) is 0.535. The first kappa shape index (κ1) is 40.0. The van der Waals surface area contributed by atoms with E-state index < -0.39 is 24.3 Å². The van der Waals surface area contributed by atoms with Gasteiger partial charge < -0.3 is 35.2 Å². The van der Waals surface area contributed by atoms with E-state index in [0.29, 0.717) is 19.6 Å². The van der Waals surface area contributed by atoms with Crippen LogP contribution in [0, 0.1) is 11.8 Å². The molecular formula is C43H56N8O6. The Hall–Kier alpha value is -5.24. The van der Waals surface area contributed by atoms with Crippen LogP contribution in [0.4, 0.5) is 9.59 Å². The third kappa shape index (κ3) is 8.14. The second-order valence-corrected chi connectivity index (χ2v) is 16.5. The smallest absolute Gasteiger partial charge is 0.407 e. The number of carbonyl (C=O) groups is 4. The van der Waals surface area contributed by atoms with Gasteiger partial charge in [0, 0.05) is 19.6 Å². The van der Waals surface area contributed by atoms with E-state index in [0.717, 1.165) is 69.9 Å². The molecular weight excluding hydrogens is 725 g/mol. The van der Waals surface area contributed by atoms with Gasteiger partial charge in [-0.25, -0.2) is 9.59 Å². The number of nitrogens with zero attached hydrogens (tertiary/aromatic N) is 4. The number of benzene rings is 3. The van der Waals surface area contributed by atoms with Crippen molar-refractivity contribution in [1.29, 1.82) is 0 Å². The molecule has 3 aromatic carbocycles. The van der Waals surface area contributed by atoms with Crippen molar-refractivity contribution in [3.63, 3.8) is 0 Å². The minimum absolute atomic E-state index is 0.0410. The van der Waals surface area contributed by atoms with Gasteiger partial charge in [0.1, 0.15) is 24.1 Å². The van der Waals surface area contributed by atoms with Crippen LogP contribution in [0.2, 0.25) is 0 Å². The molecule has 0 radical (unpaired) electrons. The summed E-state index contributed by atoms with van der Waals surface area (Å²) in [7, 11) is 2.60. The topological polar surface area (TPSA) is 166 Å². The number of likely N-dealkylation sites (tertiary alicyclic amines) is 2. The van der Waals surface area contributed by atoms with Crippen LogP contribution >= 0.6 is 0 Å². The summed E-state index contributed by atoms with van der Waals surface area (Å²) in [6.07, 6.45) is 1.95. The Bertz CT molecular complexity index is 2100. The number of carbonyl (C=O) groups excluding carboxylic acids is 4. The summed E-state index contributed by atoms with van der Waals surface area (Å²) < 4.78 is 9.58. The van der Waals surface area contributed by atoms with Gasteiger partial charge >= 0.3 is 12.2 Å². The number of amides is 4. The highest BCUT2D eigenvalue weighted by Crippen LogP contribution is 2.34. The molecule has 7 atom stereocenters. The van der Waals surface area contributed by atoms with Crippen molar-refractivity contribution in [2.45, 2.75) is 103 Å². The van der Waals surface area contributed by atoms with Crippen LogP contribution in [0.5, 0.6) is 0 Å². The zero-order chi connectivity index (χ0) is 40.5. The Morgan fingerprint density at radius 2 is 1.35 bits per heavy atom. The molecule has 304 valence electrons. The van der Waals surface area contributed by atoms with Crippen molar-refractivity contribution < 1.29 is 28.7 Å². The molecule has 4 aliphatic heterocycles. The van der Waals surface area contributed by atoms with Gasteiger partial charge in [-0.1, -0.05) is 52.0 Å². The molecule has 3 aromatic rings. The van der Waals surface area contributed by atoms with Crippen LogP contribution in [-0.4, -0.2) is 116 Å². The van der Waals surface area contributed by atoms with Crippen LogP contribution in [0.3, 0.4) is 0 Å². The molecule has 0 bridgehead atoms. The van der Waals surface area contributed by atoms with Gasteiger partial charge in [-0.2, -0.15) is 0 Å². The summed E-state index contributed by atoms with van der Waals surface area (Å²) in [4.78, 5) is 65.4. The lowest BCUT2D eigenvalue weighted by atomic mass is 9.96. The Morgan fingerprint density at radius 1 is 0.754 bits per heavy atom. The highest BCUT2D eigenvalue weighted by molar-refractivity contribution is 6.07. The molecule has 4 N–H and O–H groups in total. The third-order valence-electron chi connectivity index (χ3n) is 12.0. The number of hydrogen-bond donors (Lipinski definition) is 4. The number of amidine groups is 1. The highest BCUT2D eigenvalue weighted by atomic mass is 16.5. The van der Waals surface area contributed by atoms with Crippen LogP contribution < -0.4 is 21.3 Å². The van der Waals surface area contributed by atoms with E-state index in [2.05, 4.69) is 76.7 Å². The number of hydrogen-bond acceptors (Lipinski definition) is 10. The summed E-state index contributed by atoms with van der Waals surface area (Å²) >= 11 is 0. The maximum absolute atomic E-state index is 13.7. The van der Waals surface area contributed by atoms with Crippen LogP contribution in [0.1, 0.15) is 77.5 Å². The molecule has 14 nitrogen and oxygen atoms in total. The molecule has 4 aliphatic rings. The molecule has 7 rings (SSSR count). The Balaban J connectivity index is 1.07. The summed E-state index contributed by atoms with van der Waals surface area (Å²) in [6, 6.07) is 15.7. The monoisotopic (exact) mass is 780 g/mol. The first-order valence-electron chi connectivity index (χ1n) is 20.3. The number of rotatable bonds is 10. The average molecular weight is 781 g/mol. The first-order valence-corrected chi connectivity index (χ1v) is 20.3. The van der Waals surface area contributed by atoms with Crippen LogP contribution in [-0.2, 0) is 19.1 Å². The van der Waals surface area contributed by atoms with Gasteiger partial charge in [-0.15, -0.1) is 0 Å². The second-order valence-electron chi connectivity index (χ2n) is 16.5. The lowest BCUT2D eigenvalue weighted by molar-refractivity contribution is -0.136. The fourth-order valence-corrected chi connectivity index (χ4v) is 8.86. The minimum atomic E-state index is -0.679. The lowest BCUT2D eigenvalue weighted by Crippen LogP contribution is -2.55. The quantitative estimate of drug-likeness (QED) is 0.211. The average Bonchev–Trinajstić information content (AvgIpc) is 4.03. The molecule has 7 unspecified atom stereocenters. The zero-order valence-corrected chi connectivity index (χ0v) is 34.0. The Morgan fingerprint density at radius 3 is 2.00 bits per heavy atom. The summed E-state index contributed by atoms with van der Waals surface area (Å²) in [5.74, 6) is 0.410. The van der Waals surface area contributed by atoms with Crippen molar-refractivity contribution in [2.24, 2.45) is 21.8 Å². The van der Waals surface area contributed by atoms with Gasteiger partial charge in [0.25, 0.3) is 0 Å². The van der Waals surface area contributed by atoms with Crippen LogP contribution in [0.15, 0.2) is 58.5 Å². The number of methoxy groups -OCH3 is 2. The second kappa shape index (κ2) is 16.7. The molecule has 2 fully saturated rings. The molecule has 0 spiro atoms. The van der Waals surface area contributed by atoms with E-state index in [1.54, 1.807) is 0 Å². The summed E-state index contributed by atoms with van der Waals surface area (Å²) in [5.41, 5.74) is 3.11. The van der Waals surface area contributed by atoms with E-state index >= 15 is 0 Å². The third-order valence-corrected chi connectivity index (χ3v) is 12.0. The highest BCUT2D eigenvalue weighted by Gasteiger charge is 2.42. The molecule has 4 heterocycles. The van der Waals surface area contributed by atoms with Gasteiger partial charge in [0.05, 0.1) is 44.1 Å². The standard InChI is InChI=1S/C43H56N8O6/c1-23(2)35(48-42(54)56-6)40(52)50-16-8-10-33(50)38-44-22-32(46-38)28-14-12-26-19-31-21-29(15-13-27(31)18-30(26)20-28)37-25(5)45-39(47-37)34-11-9-17-51(34)41(53)36(24(3)4)49-43(55)57-7/h12-15,18-21,23-25,33-38,44H,8-11,16-17,22H2,1-7H3,(H,45,47)(H,48,54)(H,49,55). The molecule has 57 heavy (non-hydrogen) atoms. The van der Waals surface area contributed by atoms with Crippen molar-refractivity contribution in [3.8, 4) is 0 Å². The van der Waals surface area contributed by atoms with Crippen molar-refractivity contribution in [1.82, 2.24) is 31.1 Å². The molecule has 2 saturated heterocycles. The molecule has 14 heteroatoms. The number of alkyl carbamates (subject to hydrolysis) is 2. The maximum atomic E-state index is 13.7. The largest absolute Gasteiger partial charge is 0.453 e. The van der Waals surface area contributed by atoms with Crippen molar-refractivity contribution >= 4 is 57.1 Å². The van der Waals surface area contributed by atoms with Crippen LogP contribution in [0.25, 0.3) is 21.5 Å². The van der Waals surface area contributed by atoms with E-state index in [1.165, 1.54) is 14.2 Å². The predicted octanol–water partition coefficient (Wildman–Crippen LogP) is 4.89. The fourth-order valence-electron chi connectivity index (χ4n) is 8.86. The Kier molecular flexibility index (Phi) is 11.7.